The number of carbonyl (C=O) groups excluding carboxylic acids is 1. The molecule has 0 amide bonds. The Morgan fingerprint density at radius 3 is 2.70 bits per heavy atom. The molecule has 0 saturated heterocycles. The van der Waals surface area contributed by atoms with Crippen LogP contribution in [0.25, 0.3) is 6.08 Å². The zero-order valence-corrected chi connectivity index (χ0v) is 11.2. The van der Waals surface area contributed by atoms with Gasteiger partial charge in [0, 0.05) is 6.54 Å². The summed E-state index contributed by atoms with van der Waals surface area (Å²) in [6.07, 6.45) is 5.69. The van der Waals surface area contributed by atoms with Gasteiger partial charge >= 0.3 is 5.97 Å². The molecule has 0 atom stereocenters. The molecule has 0 spiro atoms. The van der Waals surface area contributed by atoms with Gasteiger partial charge in [-0.25, -0.2) is 9.78 Å². The lowest BCUT2D eigenvalue weighted by atomic mass is 10.2. The summed E-state index contributed by atoms with van der Waals surface area (Å²) in [5, 5.41) is 3.20. The summed E-state index contributed by atoms with van der Waals surface area (Å²) in [4.78, 5) is 15.3. The molecule has 2 rings (SSSR count). The largest absolute Gasteiger partial charge is 0.464 e. The number of hydrogen-bond donors (Lipinski definition) is 1. The Labute approximate surface area is 118 Å². The first-order valence-corrected chi connectivity index (χ1v) is 6.29. The van der Waals surface area contributed by atoms with Gasteiger partial charge in [-0.3, -0.25) is 0 Å². The quantitative estimate of drug-likeness (QED) is 0.847. The Morgan fingerprint density at radius 2 is 2.05 bits per heavy atom. The minimum Gasteiger partial charge on any atom is -0.464 e. The van der Waals surface area contributed by atoms with E-state index >= 15 is 0 Å². The lowest BCUT2D eigenvalue weighted by Gasteiger charge is -2.03. The highest BCUT2D eigenvalue weighted by molar-refractivity contribution is 5.87. The molecular formula is C16H16N2O2. The average Bonchev–Trinajstić information content (AvgIpc) is 2.52. The molecule has 0 radical (unpaired) electrons. The van der Waals surface area contributed by atoms with Gasteiger partial charge in [0.05, 0.1) is 19.0 Å². The zero-order valence-electron chi connectivity index (χ0n) is 11.2. The summed E-state index contributed by atoms with van der Waals surface area (Å²) in [6.45, 7) is 0.689. The molecule has 102 valence electrons. The first-order chi connectivity index (χ1) is 9.79. The van der Waals surface area contributed by atoms with Gasteiger partial charge in [0.15, 0.2) is 0 Å². The molecule has 0 aliphatic rings. The lowest BCUT2D eigenvalue weighted by molar-refractivity contribution is 0.0594. The van der Waals surface area contributed by atoms with Crippen molar-refractivity contribution in [3.63, 3.8) is 0 Å². The van der Waals surface area contributed by atoms with Gasteiger partial charge in [-0.05, 0) is 17.7 Å². The fraction of sp³-hybridized carbons (Fsp3) is 0.125. The number of hydrogen-bond acceptors (Lipinski definition) is 4. The van der Waals surface area contributed by atoms with E-state index in [9.17, 15) is 4.79 Å². The number of esters is 1. The van der Waals surface area contributed by atoms with E-state index in [-0.39, 0.29) is 0 Å². The highest BCUT2D eigenvalue weighted by Crippen LogP contribution is 2.07. The predicted octanol–water partition coefficient (Wildman–Crippen LogP) is 2.99. The summed E-state index contributed by atoms with van der Waals surface area (Å²) in [5.41, 5.74) is 2.32. The molecular weight excluding hydrogens is 252 g/mol. The number of rotatable bonds is 5. The number of methoxy groups -OCH3 is 1. The molecule has 0 saturated carbocycles. The molecule has 0 unspecified atom stereocenters. The number of aromatic nitrogens is 1. The lowest BCUT2D eigenvalue weighted by Crippen LogP contribution is -2.05. The Bertz CT molecular complexity index is 577. The van der Waals surface area contributed by atoms with Crippen LogP contribution in [0.2, 0.25) is 0 Å². The van der Waals surface area contributed by atoms with Crippen LogP contribution in [-0.2, 0) is 4.74 Å². The molecule has 4 heteroatoms. The van der Waals surface area contributed by atoms with Crippen LogP contribution >= 0.6 is 0 Å². The molecule has 0 fully saturated rings. The van der Waals surface area contributed by atoms with E-state index < -0.39 is 5.97 Å². The number of pyridine rings is 1. The zero-order chi connectivity index (χ0) is 14.2. The first-order valence-electron chi connectivity index (χ1n) is 6.29. The van der Waals surface area contributed by atoms with Crippen molar-refractivity contribution in [2.24, 2.45) is 0 Å². The Balaban J connectivity index is 1.85. The van der Waals surface area contributed by atoms with Crippen LogP contribution in [0, 0.1) is 0 Å². The maximum atomic E-state index is 11.2. The van der Waals surface area contributed by atoms with Crippen molar-refractivity contribution in [1.29, 1.82) is 0 Å². The van der Waals surface area contributed by atoms with Crippen LogP contribution in [0.1, 0.15) is 16.1 Å². The van der Waals surface area contributed by atoms with Crippen LogP contribution in [0.5, 0.6) is 0 Å². The number of anilines is 1. The minimum absolute atomic E-state index is 0.304. The van der Waals surface area contributed by atoms with Gasteiger partial charge in [-0.1, -0.05) is 42.5 Å². The standard InChI is InChI=1S/C16H16N2O2/c1-20-16(19)15-10-9-14(12-18-15)17-11-5-8-13-6-3-2-4-7-13/h2-10,12,17H,11H2,1H3/b8-5+. The smallest absolute Gasteiger partial charge is 0.356 e. The summed E-state index contributed by atoms with van der Waals surface area (Å²) in [6, 6.07) is 13.5. The molecule has 2 aromatic rings. The maximum absolute atomic E-state index is 11.2. The highest BCUT2D eigenvalue weighted by atomic mass is 16.5. The van der Waals surface area contributed by atoms with Crippen molar-refractivity contribution in [2.75, 3.05) is 19.0 Å². The first kappa shape index (κ1) is 13.8. The number of nitrogens with zero attached hydrogens (tertiary/aromatic N) is 1. The van der Waals surface area contributed by atoms with Gasteiger partial charge in [-0.15, -0.1) is 0 Å². The van der Waals surface area contributed by atoms with Crippen molar-refractivity contribution >= 4 is 17.7 Å². The predicted molar refractivity (Wildman–Crippen MR) is 79.5 cm³/mol. The third-order valence-electron chi connectivity index (χ3n) is 2.69. The Hall–Kier alpha value is -2.62. The molecule has 1 heterocycles. The van der Waals surface area contributed by atoms with Gasteiger partial charge in [-0.2, -0.15) is 0 Å². The molecule has 0 bridgehead atoms. The second-order valence-electron chi connectivity index (χ2n) is 4.12. The summed E-state index contributed by atoms with van der Waals surface area (Å²) in [5.74, 6) is -0.430. The molecule has 4 nitrogen and oxygen atoms in total. The normalized spacial score (nSPS) is 10.4. The second-order valence-corrected chi connectivity index (χ2v) is 4.12. The third-order valence-corrected chi connectivity index (χ3v) is 2.69. The van der Waals surface area contributed by atoms with E-state index in [1.54, 1.807) is 18.3 Å². The van der Waals surface area contributed by atoms with Crippen LogP contribution in [0.15, 0.2) is 54.7 Å². The summed E-state index contributed by atoms with van der Waals surface area (Å²) in [7, 11) is 1.34. The highest BCUT2D eigenvalue weighted by Gasteiger charge is 2.05. The van der Waals surface area contributed by atoms with E-state index in [1.165, 1.54) is 7.11 Å². The Morgan fingerprint density at radius 1 is 1.25 bits per heavy atom. The number of ether oxygens (including phenoxy) is 1. The van der Waals surface area contributed by atoms with Crippen LogP contribution < -0.4 is 5.32 Å². The monoisotopic (exact) mass is 268 g/mol. The molecule has 20 heavy (non-hydrogen) atoms. The fourth-order valence-corrected chi connectivity index (χ4v) is 1.66. The van der Waals surface area contributed by atoms with E-state index in [0.29, 0.717) is 12.2 Å². The van der Waals surface area contributed by atoms with Gasteiger partial charge in [0.25, 0.3) is 0 Å². The van der Waals surface area contributed by atoms with Gasteiger partial charge in [0.2, 0.25) is 0 Å². The Kier molecular flexibility index (Phi) is 4.89. The number of carbonyl (C=O) groups is 1. The summed E-state index contributed by atoms with van der Waals surface area (Å²) >= 11 is 0. The average molecular weight is 268 g/mol. The maximum Gasteiger partial charge on any atom is 0.356 e. The van der Waals surface area contributed by atoms with Crippen molar-refractivity contribution < 1.29 is 9.53 Å². The van der Waals surface area contributed by atoms with E-state index in [4.69, 9.17) is 0 Å². The van der Waals surface area contributed by atoms with Gasteiger partial charge in [0.1, 0.15) is 5.69 Å². The molecule has 0 aliphatic carbocycles. The molecule has 1 aromatic heterocycles. The van der Waals surface area contributed by atoms with Crippen molar-refractivity contribution in [2.45, 2.75) is 0 Å². The molecule has 0 aliphatic heterocycles. The van der Waals surface area contributed by atoms with E-state index in [1.807, 2.05) is 42.5 Å². The third kappa shape index (κ3) is 3.95. The van der Waals surface area contributed by atoms with E-state index in [2.05, 4.69) is 15.0 Å². The topological polar surface area (TPSA) is 51.2 Å². The summed E-state index contributed by atoms with van der Waals surface area (Å²) < 4.78 is 4.59. The number of benzene rings is 1. The van der Waals surface area contributed by atoms with Crippen molar-refractivity contribution in [3.05, 3.63) is 66.0 Å². The SMILES string of the molecule is COC(=O)c1ccc(NC/C=C/c2ccccc2)cn1. The van der Waals surface area contributed by atoms with Crippen molar-refractivity contribution in [3.8, 4) is 0 Å². The molecule has 1 aromatic carbocycles. The van der Waals surface area contributed by atoms with Crippen LogP contribution in [0.3, 0.4) is 0 Å². The minimum atomic E-state index is -0.430. The van der Waals surface area contributed by atoms with Crippen LogP contribution in [-0.4, -0.2) is 24.6 Å². The van der Waals surface area contributed by atoms with Crippen molar-refractivity contribution in [1.82, 2.24) is 4.98 Å². The number of nitrogens with one attached hydrogen (secondary N) is 1. The fourth-order valence-electron chi connectivity index (χ4n) is 1.66. The molecule has 1 N–H and O–H groups in total. The van der Waals surface area contributed by atoms with E-state index in [0.717, 1.165) is 11.3 Å². The second kappa shape index (κ2) is 7.09. The van der Waals surface area contributed by atoms with Crippen LogP contribution in [0.4, 0.5) is 5.69 Å². The van der Waals surface area contributed by atoms with Gasteiger partial charge < -0.3 is 10.1 Å².